The number of carboxylic acids is 2. The van der Waals surface area contributed by atoms with Gasteiger partial charge in [0, 0.05) is 17.9 Å². The maximum Gasteiger partial charge on any atom is 0.303 e. The van der Waals surface area contributed by atoms with Gasteiger partial charge in [-0.2, -0.15) is 0 Å². The van der Waals surface area contributed by atoms with Crippen molar-refractivity contribution in [2.75, 3.05) is 0 Å². The van der Waals surface area contributed by atoms with E-state index in [2.05, 4.69) is 125 Å². The third kappa shape index (κ3) is 9.94. The molecule has 0 bridgehead atoms. The first-order chi connectivity index (χ1) is 25.7. The van der Waals surface area contributed by atoms with Gasteiger partial charge in [0.1, 0.15) is 0 Å². The van der Waals surface area contributed by atoms with Crippen LogP contribution in [0.3, 0.4) is 0 Å². The van der Waals surface area contributed by atoms with Crippen molar-refractivity contribution in [3.05, 3.63) is 164 Å². The van der Waals surface area contributed by atoms with Crippen molar-refractivity contribution in [3.63, 3.8) is 0 Å². The molecule has 0 aromatic heterocycles. The molecular weight excluding hydrogens is 688 g/mol. The van der Waals surface area contributed by atoms with E-state index < -0.39 is 11.9 Å². The summed E-state index contributed by atoms with van der Waals surface area (Å²) in [4.78, 5) is 22.0. The summed E-state index contributed by atoms with van der Waals surface area (Å²) in [6.07, 6.45) is 1.36. The zero-order valence-corrected chi connectivity index (χ0v) is 33.1. The molecule has 276 valence electrons. The smallest absolute Gasteiger partial charge is 0.303 e. The molecule has 0 unspecified atom stereocenters. The van der Waals surface area contributed by atoms with Gasteiger partial charge in [-0.1, -0.05) is 126 Å². The Morgan fingerprint density at radius 1 is 0.426 bits per heavy atom. The van der Waals surface area contributed by atoms with Crippen molar-refractivity contribution in [1.82, 2.24) is 0 Å². The minimum absolute atomic E-state index is 0.134. The Morgan fingerprint density at radius 2 is 0.796 bits per heavy atom. The second-order valence-electron chi connectivity index (χ2n) is 14.4. The van der Waals surface area contributed by atoms with Crippen LogP contribution in [0.25, 0.3) is 44.5 Å². The van der Waals surface area contributed by atoms with Gasteiger partial charge in [0.25, 0.3) is 0 Å². The normalized spacial score (nSPS) is 10.8. The Bertz CT molecular complexity index is 2170. The highest BCUT2D eigenvalue weighted by Gasteiger charge is 2.13. The number of carboxylic acid groups (broad SMARTS) is 2. The fourth-order valence-electron chi connectivity index (χ4n) is 6.88. The quantitative estimate of drug-likeness (QED) is 0.147. The Balaban J connectivity index is 0.000000208. The molecule has 2 N–H and O–H groups in total. The first kappa shape index (κ1) is 39.8. The molecule has 6 rings (SSSR count). The predicted octanol–water partition coefficient (Wildman–Crippen LogP) is 12.9. The molecular formula is C49H49ClO4. The van der Waals surface area contributed by atoms with E-state index in [4.69, 9.17) is 21.8 Å². The van der Waals surface area contributed by atoms with Crippen LogP contribution in [0.2, 0.25) is 5.02 Å². The number of halogens is 1. The van der Waals surface area contributed by atoms with Gasteiger partial charge in [0.2, 0.25) is 0 Å². The SMILES string of the molecule is Cc1ccc(-c2ccc(-c3ccc(C)c(C)c3)c(C)c2)c(CCC(=O)O)c1.Cc1ccc(-c2ccc(-c3ccc(C)c(Cl)c3)c(C)c2)c(CCC(=O)O)c1. The van der Waals surface area contributed by atoms with Crippen LogP contribution in [0.1, 0.15) is 62.9 Å². The second kappa shape index (κ2) is 17.6. The molecule has 6 aromatic rings. The third-order valence-electron chi connectivity index (χ3n) is 10.1. The van der Waals surface area contributed by atoms with Crippen molar-refractivity contribution in [2.24, 2.45) is 0 Å². The van der Waals surface area contributed by atoms with E-state index in [9.17, 15) is 9.59 Å². The van der Waals surface area contributed by atoms with Crippen molar-refractivity contribution in [1.29, 1.82) is 0 Å². The highest BCUT2D eigenvalue weighted by Crippen LogP contribution is 2.34. The lowest BCUT2D eigenvalue weighted by Crippen LogP contribution is -1.99. The third-order valence-corrected chi connectivity index (χ3v) is 10.5. The Kier molecular flexibility index (Phi) is 12.9. The van der Waals surface area contributed by atoms with E-state index in [0.29, 0.717) is 12.8 Å². The van der Waals surface area contributed by atoms with Crippen molar-refractivity contribution < 1.29 is 19.8 Å². The molecule has 54 heavy (non-hydrogen) atoms. The molecule has 0 aliphatic carbocycles. The maximum absolute atomic E-state index is 11.0. The summed E-state index contributed by atoms with van der Waals surface area (Å²) in [7, 11) is 0. The average Bonchev–Trinajstić information content (AvgIpc) is 3.12. The number of hydrogen-bond acceptors (Lipinski definition) is 2. The van der Waals surface area contributed by atoms with Gasteiger partial charge >= 0.3 is 11.9 Å². The largest absolute Gasteiger partial charge is 0.481 e. The van der Waals surface area contributed by atoms with Gasteiger partial charge < -0.3 is 10.2 Å². The number of aryl methyl sites for hydroxylation is 9. The van der Waals surface area contributed by atoms with Gasteiger partial charge in [-0.25, -0.2) is 0 Å². The molecule has 0 spiro atoms. The molecule has 0 amide bonds. The van der Waals surface area contributed by atoms with E-state index >= 15 is 0 Å². The molecule has 0 aliphatic rings. The number of aliphatic carboxylic acids is 2. The molecule has 0 heterocycles. The summed E-state index contributed by atoms with van der Waals surface area (Å²) in [5.41, 5.74) is 19.7. The molecule has 0 atom stereocenters. The Labute approximate surface area is 325 Å². The first-order valence-electron chi connectivity index (χ1n) is 18.4. The molecule has 5 heteroatoms. The van der Waals surface area contributed by atoms with Crippen LogP contribution in [0.4, 0.5) is 0 Å². The van der Waals surface area contributed by atoms with Crippen molar-refractivity contribution in [3.8, 4) is 44.5 Å². The van der Waals surface area contributed by atoms with E-state index in [1.165, 1.54) is 27.8 Å². The summed E-state index contributed by atoms with van der Waals surface area (Å²) in [6, 6.07) is 38.2. The van der Waals surface area contributed by atoms with Crippen LogP contribution in [-0.2, 0) is 22.4 Å². The molecule has 0 fully saturated rings. The van der Waals surface area contributed by atoms with E-state index in [1.54, 1.807) is 0 Å². The monoisotopic (exact) mass is 736 g/mol. The van der Waals surface area contributed by atoms with Gasteiger partial charge in [-0.3, -0.25) is 9.59 Å². The highest BCUT2D eigenvalue weighted by molar-refractivity contribution is 6.31. The summed E-state index contributed by atoms with van der Waals surface area (Å²) in [6.45, 7) is 14.6. The summed E-state index contributed by atoms with van der Waals surface area (Å²) < 4.78 is 0. The maximum atomic E-state index is 11.0. The number of rotatable bonds is 10. The average molecular weight is 737 g/mol. The molecule has 0 saturated heterocycles. The molecule has 6 aromatic carbocycles. The van der Waals surface area contributed by atoms with E-state index in [1.807, 2.05) is 32.9 Å². The Morgan fingerprint density at radius 3 is 1.20 bits per heavy atom. The summed E-state index contributed by atoms with van der Waals surface area (Å²) in [5, 5.41) is 18.9. The minimum Gasteiger partial charge on any atom is -0.481 e. The standard InChI is InChI=1S/C25H26O2.C24H23ClO2/c1-16-5-10-24(20(13-16)9-12-25(26)27)22-8-11-23(19(4)15-22)21-7-6-17(2)18(3)14-21;1-15-4-9-22(18(12-15)8-11-24(26)27)19-7-10-21(17(3)13-19)20-6-5-16(2)23(25)14-20/h5-8,10-11,13-15H,9,12H2,1-4H3,(H,26,27);4-7,9-10,12-14H,8,11H2,1-3H3,(H,26,27). The second-order valence-corrected chi connectivity index (χ2v) is 14.8. The van der Waals surface area contributed by atoms with E-state index in [0.717, 1.165) is 71.8 Å². The Hall–Kier alpha value is -5.45. The topological polar surface area (TPSA) is 74.6 Å². The molecule has 0 radical (unpaired) electrons. The van der Waals surface area contributed by atoms with Crippen molar-refractivity contribution in [2.45, 2.75) is 74.1 Å². The minimum atomic E-state index is -0.773. The highest BCUT2D eigenvalue weighted by atomic mass is 35.5. The summed E-state index contributed by atoms with van der Waals surface area (Å²) >= 11 is 6.29. The zero-order chi connectivity index (χ0) is 39.1. The lowest BCUT2D eigenvalue weighted by atomic mass is 9.91. The van der Waals surface area contributed by atoms with Crippen LogP contribution in [0.5, 0.6) is 0 Å². The van der Waals surface area contributed by atoms with E-state index in [-0.39, 0.29) is 12.8 Å². The zero-order valence-electron chi connectivity index (χ0n) is 32.3. The number of hydrogen-bond donors (Lipinski definition) is 2. The van der Waals surface area contributed by atoms with Gasteiger partial charge in [0.05, 0.1) is 0 Å². The lowest BCUT2D eigenvalue weighted by molar-refractivity contribution is -0.138. The number of benzene rings is 6. The lowest BCUT2D eigenvalue weighted by Gasteiger charge is -2.14. The fraction of sp³-hybridized carbons (Fsp3) is 0.224. The van der Waals surface area contributed by atoms with Crippen molar-refractivity contribution >= 4 is 23.5 Å². The van der Waals surface area contributed by atoms with Crippen LogP contribution in [-0.4, -0.2) is 22.2 Å². The molecule has 0 aliphatic heterocycles. The van der Waals surface area contributed by atoms with Crippen LogP contribution >= 0.6 is 11.6 Å². The van der Waals surface area contributed by atoms with Crippen LogP contribution in [0, 0.1) is 48.5 Å². The number of carbonyl (C=O) groups is 2. The molecule has 4 nitrogen and oxygen atoms in total. The first-order valence-corrected chi connectivity index (χ1v) is 18.8. The predicted molar refractivity (Wildman–Crippen MR) is 225 cm³/mol. The molecule has 0 saturated carbocycles. The van der Waals surface area contributed by atoms with Crippen LogP contribution < -0.4 is 0 Å². The van der Waals surface area contributed by atoms with Gasteiger partial charge in [0.15, 0.2) is 0 Å². The fourth-order valence-corrected chi connectivity index (χ4v) is 7.07. The van der Waals surface area contributed by atoms with Gasteiger partial charge in [-0.05, 0) is 151 Å². The summed E-state index contributed by atoms with van der Waals surface area (Å²) in [5.74, 6) is -1.53. The van der Waals surface area contributed by atoms with Gasteiger partial charge in [-0.15, -0.1) is 0 Å². The van der Waals surface area contributed by atoms with Crippen LogP contribution in [0.15, 0.2) is 109 Å².